The molecule has 0 aromatic heterocycles. The molecule has 0 aliphatic heterocycles. The van der Waals surface area contributed by atoms with Crippen LogP contribution in [0.4, 0.5) is 0 Å². The number of amides is 1. The lowest BCUT2D eigenvalue weighted by molar-refractivity contribution is -0.146. The van der Waals surface area contributed by atoms with Crippen molar-refractivity contribution in [2.75, 3.05) is 19.7 Å². The number of carbonyl (C=O) groups excluding carboxylic acids is 2. The van der Waals surface area contributed by atoms with Gasteiger partial charge in [0.25, 0.3) is 0 Å². The largest absolute Gasteiger partial charge is 0.464 e. The Morgan fingerprint density at radius 3 is 2.50 bits per heavy atom. The first kappa shape index (κ1) is 14.7. The SMILES string of the molecule is C=CC(=O)N(CC)CCOC(=O)CC(C)C. The van der Waals surface area contributed by atoms with E-state index in [0.29, 0.717) is 25.4 Å². The highest BCUT2D eigenvalue weighted by Crippen LogP contribution is 2.01. The van der Waals surface area contributed by atoms with Crippen LogP contribution >= 0.6 is 0 Å². The van der Waals surface area contributed by atoms with Gasteiger partial charge in [0.15, 0.2) is 0 Å². The Hall–Kier alpha value is -1.32. The van der Waals surface area contributed by atoms with Gasteiger partial charge in [-0.05, 0) is 18.9 Å². The smallest absolute Gasteiger partial charge is 0.306 e. The van der Waals surface area contributed by atoms with Gasteiger partial charge in [-0.15, -0.1) is 0 Å². The fourth-order valence-corrected chi connectivity index (χ4v) is 1.22. The monoisotopic (exact) mass is 227 g/mol. The summed E-state index contributed by atoms with van der Waals surface area (Å²) >= 11 is 0. The van der Waals surface area contributed by atoms with Crippen LogP contribution in [0, 0.1) is 5.92 Å². The molecule has 0 atom stereocenters. The maximum absolute atomic E-state index is 11.3. The second kappa shape index (κ2) is 7.91. The van der Waals surface area contributed by atoms with Crippen molar-refractivity contribution in [2.24, 2.45) is 5.92 Å². The predicted octanol–water partition coefficient (Wildman–Crippen LogP) is 1.61. The van der Waals surface area contributed by atoms with E-state index in [-0.39, 0.29) is 18.5 Å². The van der Waals surface area contributed by atoms with Gasteiger partial charge >= 0.3 is 5.97 Å². The molecule has 1 amide bonds. The Morgan fingerprint density at radius 1 is 1.44 bits per heavy atom. The summed E-state index contributed by atoms with van der Waals surface area (Å²) in [4.78, 5) is 24.1. The standard InChI is InChI=1S/C12H21NO3/c1-5-11(14)13(6-2)7-8-16-12(15)9-10(3)4/h5,10H,1,6-9H2,2-4H3. The van der Waals surface area contributed by atoms with Crippen LogP contribution in [0.15, 0.2) is 12.7 Å². The summed E-state index contributed by atoms with van der Waals surface area (Å²) in [5.74, 6) is -0.0518. The fraction of sp³-hybridized carbons (Fsp3) is 0.667. The lowest BCUT2D eigenvalue weighted by Gasteiger charge is -2.18. The zero-order valence-corrected chi connectivity index (χ0v) is 10.4. The summed E-state index contributed by atoms with van der Waals surface area (Å²) in [6, 6.07) is 0. The van der Waals surface area contributed by atoms with Gasteiger partial charge in [0, 0.05) is 13.0 Å². The number of likely N-dealkylation sites (N-methyl/N-ethyl adjacent to an activating group) is 1. The van der Waals surface area contributed by atoms with E-state index in [4.69, 9.17) is 4.74 Å². The highest BCUT2D eigenvalue weighted by molar-refractivity contribution is 5.86. The van der Waals surface area contributed by atoms with Crippen molar-refractivity contribution in [3.05, 3.63) is 12.7 Å². The minimum Gasteiger partial charge on any atom is -0.464 e. The van der Waals surface area contributed by atoms with Gasteiger partial charge in [-0.2, -0.15) is 0 Å². The number of carbonyl (C=O) groups is 2. The van der Waals surface area contributed by atoms with Crippen molar-refractivity contribution in [3.63, 3.8) is 0 Å². The summed E-state index contributed by atoms with van der Waals surface area (Å²) in [6.07, 6.45) is 1.68. The summed E-state index contributed by atoms with van der Waals surface area (Å²) < 4.78 is 5.01. The molecule has 16 heavy (non-hydrogen) atoms. The molecule has 0 aromatic carbocycles. The van der Waals surface area contributed by atoms with E-state index >= 15 is 0 Å². The maximum Gasteiger partial charge on any atom is 0.306 e. The van der Waals surface area contributed by atoms with Crippen molar-refractivity contribution in [2.45, 2.75) is 27.2 Å². The van der Waals surface area contributed by atoms with E-state index in [1.165, 1.54) is 6.08 Å². The molecular formula is C12H21NO3. The molecular weight excluding hydrogens is 206 g/mol. The molecule has 4 nitrogen and oxygen atoms in total. The van der Waals surface area contributed by atoms with E-state index < -0.39 is 0 Å². The number of nitrogens with zero attached hydrogens (tertiary/aromatic N) is 1. The summed E-state index contributed by atoms with van der Waals surface area (Å²) in [6.45, 7) is 10.5. The normalized spacial score (nSPS) is 10.0. The van der Waals surface area contributed by atoms with Crippen molar-refractivity contribution in [1.29, 1.82) is 0 Å². The molecule has 0 aliphatic carbocycles. The molecule has 0 aliphatic rings. The third kappa shape index (κ3) is 6.22. The highest BCUT2D eigenvalue weighted by Gasteiger charge is 2.09. The summed E-state index contributed by atoms with van der Waals surface area (Å²) in [5.41, 5.74) is 0. The third-order valence-electron chi connectivity index (χ3n) is 2.07. The Kier molecular flexibility index (Phi) is 7.25. The van der Waals surface area contributed by atoms with Crippen molar-refractivity contribution in [1.82, 2.24) is 4.90 Å². The van der Waals surface area contributed by atoms with E-state index in [9.17, 15) is 9.59 Å². The maximum atomic E-state index is 11.3. The molecule has 0 heterocycles. The zero-order valence-electron chi connectivity index (χ0n) is 10.4. The van der Waals surface area contributed by atoms with E-state index in [1.54, 1.807) is 4.90 Å². The summed E-state index contributed by atoms with van der Waals surface area (Å²) in [5, 5.41) is 0. The second-order valence-electron chi connectivity index (χ2n) is 3.94. The molecule has 4 heteroatoms. The molecule has 0 saturated heterocycles. The van der Waals surface area contributed by atoms with Crippen LogP contribution in [0.25, 0.3) is 0 Å². The van der Waals surface area contributed by atoms with Gasteiger partial charge in [-0.3, -0.25) is 9.59 Å². The first-order chi connectivity index (χ1) is 7.51. The van der Waals surface area contributed by atoms with E-state index in [0.717, 1.165) is 0 Å². The van der Waals surface area contributed by atoms with Crippen LogP contribution in [0.1, 0.15) is 27.2 Å². The highest BCUT2D eigenvalue weighted by atomic mass is 16.5. The Morgan fingerprint density at radius 2 is 2.06 bits per heavy atom. The van der Waals surface area contributed by atoms with Crippen molar-refractivity contribution in [3.8, 4) is 0 Å². The Labute approximate surface area is 97.3 Å². The number of esters is 1. The lowest BCUT2D eigenvalue weighted by Crippen LogP contribution is -2.32. The Balaban J connectivity index is 3.82. The van der Waals surface area contributed by atoms with Crippen LogP contribution in [0.5, 0.6) is 0 Å². The molecule has 0 rings (SSSR count). The number of rotatable bonds is 7. The molecule has 0 fully saturated rings. The first-order valence-electron chi connectivity index (χ1n) is 5.58. The van der Waals surface area contributed by atoms with Crippen LogP contribution < -0.4 is 0 Å². The molecule has 0 radical (unpaired) electrons. The van der Waals surface area contributed by atoms with Gasteiger partial charge in [-0.1, -0.05) is 20.4 Å². The van der Waals surface area contributed by atoms with Crippen LogP contribution in [0.2, 0.25) is 0 Å². The molecule has 0 spiro atoms. The zero-order chi connectivity index (χ0) is 12.6. The minimum atomic E-state index is -0.211. The Bertz CT molecular complexity index is 249. The van der Waals surface area contributed by atoms with Crippen LogP contribution in [-0.2, 0) is 14.3 Å². The van der Waals surface area contributed by atoms with E-state index in [2.05, 4.69) is 6.58 Å². The summed E-state index contributed by atoms with van der Waals surface area (Å²) in [7, 11) is 0. The molecule has 0 bridgehead atoms. The average molecular weight is 227 g/mol. The second-order valence-corrected chi connectivity index (χ2v) is 3.94. The molecule has 0 aromatic rings. The predicted molar refractivity (Wildman–Crippen MR) is 62.9 cm³/mol. The van der Waals surface area contributed by atoms with Crippen LogP contribution in [-0.4, -0.2) is 36.5 Å². The van der Waals surface area contributed by atoms with Gasteiger partial charge in [0.05, 0.1) is 6.54 Å². The molecule has 92 valence electrons. The number of hydrogen-bond acceptors (Lipinski definition) is 3. The van der Waals surface area contributed by atoms with Crippen molar-refractivity contribution < 1.29 is 14.3 Å². The van der Waals surface area contributed by atoms with Crippen molar-refractivity contribution >= 4 is 11.9 Å². The fourth-order valence-electron chi connectivity index (χ4n) is 1.22. The van der Waals surface area contributed by atoms with E-state index in [1.807, 2.05) is 20.8 Å². The number of hydrogen-bond donors (Lipinski definition) is 0. The third-order valence-corrected chi connectivity index (χ3v) is 2.07. The quantitative estimate of drug-likeness (QED) is 0.490. The van der Waals surface area contributed by atoms with Gasteiger partial charge in [0.1, 0.15) is 6.61 Å². The average Bonchev–Trinajstić information content (AvgIpc) is 2.22. The van der Waals surface area contributed by atoms with Gasteiger partial charge < -0.3 is 9.64 Å². The van der Waals surface area contributed by atoms with Crippen LogP contribution in [0.3, 0.4) is 0 Å². The first-order valence-corrected chi connectivity index (χ1v) is 5.58. The minimum absolute atomic E-state index is 0.137. The topological polar surface area (TPSA) is 46.6 Å². The molecule has 0 unspecified atom stereocenters. The number of ether oxygens (including phenoxy) is 1. The molecule has 0 N–H and O–H groups in total. The lowest BCUT2D eigenvalue weighted by atomic mass is 10.1. The van der Waals surface area contributed by atoms with Gasteiger partial charge in [0.2, 0.25) is 5.91 Å². The molecule has 0 saturated carbocycles. The van der Waals surface area contributed by atoms with Gasteiger partial charge in [-0.25, -0.2) is 0 Å².